The monoisotopic (exact) mass is 204 g/mol. The number of nitrogens with one attached hydrogen (secondary N) is 1. The van der Waals surface area contributed by atoms with E-state index >= 15 is 0 Å². The first-order valence-electron chi connectivity index (χ1n) is 5.42. The molecule has 80 valence electrons. The van der Waals surface area contributed by atoms with Gasteiger partial charge in [0.1, 0.15) is 0 Å². The summed E-state index contributed by atoms with van der Waals surface area (Å²) in [5.41, 5.74) is 6.94. The second-order valence-electron chi connectivity index (χ2n) is 4.08. The summed E-state index contributed by atoms with van der Waals surface area (Å²) in [5, 5.41) is 3.03. The van der Waals surface area contributed by atoms with Gasteiger partial charge in [-0.3, -0.25) is 4.79 Å². The van der Waals surface area contributed by atoms with Gasteiger partial charge in [-0.15, -0.1) is 0 Å². The first-order valence-corrected chi connectivity index (χ1v) is 5.42. The second-order valence-corrected chi connectivity index (χ2v) is 4.08. The third-order valence-corrected chi connectivity index (χ3v) is 2.86. The van der Waals surface area contributed by atoms with Gasteiger partial charge in [-0.1, -0.05) is 12.8 Å². The van der Waals surface area contributed by atoms with Crippen molar-refractivity contribution in [1.82, 2.24) is 5.32 Å². The van der Waals surface area contributed by atoms with Gasteiger partial charge >= 0.3 is 0 Å². The maximum absolute atomic E-state index is 11.8. The van der Waals surface area contributed by atoms with Gasteiger partial charge < -0.3 is 11.1 Å². The highest BCUT2D eigenvalue weighted by Gasteiger charge is 2.17. The molecule has 3 heteroatoms. The topological polar surface area (TPSA) is 55.1 Å². The Morgan fingerprint density at radius 1 is 1.20 bits per heavy atom. The molecule has 1 aromatic carbocycles. The Balaban J connectivity index is 1.98. The largest absolute Gasteiger partial charge is 0.399 e. The number of rotatable bonds is 2. The maximum atomic E-state index is 11.8. The highest BCUT2D eigenvalue weighted by atomic mass is 16.1. The van der Waals surface area contributed by atoms with Crippen molar-refractivity contribution in [3.05, 3.63) is 29.8 Å². The number of carbonyl (C=O) groups is 1. The van der Waals surface area contributed by atoms with E-state index in [4.69, 9.17) is 5.73 Å². The molecular weight excluding hydrogens is 188 g/mol. The molecule has 0 heterocycles. The zero-order valence-electron chi connectivity index (χ0n) is 8.70. The van der Waals surface area contributed by atoms with Gasteiger partial charge in [-0.05, 0) is 37.1 Å². The van der Waals surface area contributed by atoms with Crippen molar-refractivity contribution in [2.75, 3.05) is 5.73 Å². The zero-order chi connectivity index (χ0) is 10.7. The predicted octanol–water partition coefficient (Wildman–Crippen LogP) is 1.94. The number of hydrogen-bond acceptors (Lipinski definition) is 2. The van der Waals surface area contributed by atoms with Crippen molar-refractivity contribution in [3.63, 3.8) is 0 Å². The first-order chi connectivity index (χ1) is 7.25. The summed E-state index contributed by atoms with van der Waals surface area (Å²) in [6, 6.07) is 7.40. The molecule has 1 aliphatic rings. The normalized spacial score (nSPS) is 16.5. The molecule has 15 heavy (non-hydrogen) atoms. The number of carbonyl (C=O) groups excluding carboxylic acids is 1. The fourth-order valence-corrected chi connectivity index (χ4v) is 1.97. The Morgan fingerprint density at radius 2 is 1.80 bits per heavy atom. The Kier molecular flexibility index (Phi) is 2.90. The summed E-state index contributed by atoms with van der Waals surface area (Å²) in [6.07, 6.45) is 4.68. The third-order valence-electron chi connectivity index (χ3n) is 2.86. The molecule has 3 N–H and O–H groups in total. The lowest BCUT2D eigenvalue weighted by atomic mass is 10.1. The highest BCUT2D eigenvalue weighted by Crippen LogP contribution is 2.18. The molecule has 1 aliphatic carbocycles. The van der Waals surface area contributed by atoms with Gasteiger partial charge in [0.2, 0.25) is 0 Å². The number of nitrogens with two attached hydrogens (primary N) is 1. The molecule has 0 radical (unpaired) electrons. The van der Waals surface area contributed by atoms with Crippen LogP contribution >= 0.6 is 0 Å². The number of nitrogen functional groups attached to an aromatic ring is 1. The van der Waals surface area contributed by atoms with Gasteiger partial charge in [0.25, 0.3) is 5.91 Å². The van der Waals surface area contributed by atoms with Crippen molar-refractivity contribution in [2.45, 2.75) is 31.7 Å². The number of amides is 1. The van der Waals surface area contributed by atoms with Crippen molar-refractivity contribution >= 4 is 11.6 Å². The van der Waals surface area contributed by atoms with E-state index in [0.29, 0.717) is 17.3 Å². The van der Waals surface area contributed by atoms with Crippen LogP contribution in [-0.4, -0.2) is 11.9 Å². The molecule has 0 bridgehead atoms. The molecule has 0 aromatic heterocycles. The number of benzene rings is 1. The Morgan fingerprint density at radius 3 is 2.40 bits per heavy atom. The molecule has 1 saturated carbocycles. The molecule has 0 aliphatic heterocycles. The van der Waals surface area contributed by atoms with Crippen LogP contribution in [0.4, 0.5) is 5.69 Å². The van der Waals surface area contributed by atoms with E-state index in [0.717, 1.165) is 12.8 Å². The van der Waals surface area contributed by atoms with Gasteiger partial charge in [-0.2, -0.15) is 0 Å². The lowest BCUT2D eigenvalue weighted by Gasteiger charge is -2.11. The minimum Gasteiger partial charge on any atom is -0.399 e. The maximum Gasteiger partial charge on any atom is 0.251 e. The van der Waals surface area contributed by atoms with E-state index < -0.39 is 0 Å². The summed E-state index contributed by atoms with van der Waals surface area (Å²) >= 11 is 0. The van der Waals surface area contributed by atoms with Crippen molar-refractivity contribution in [1.29, 1.82) is 0 Å². The SMILES string of the molecule is Nc1ccc(C(=O)NC2CCCC2)cc1. The van der Waals surface area contributed by atoms with E-state index in [2.05, 4.69) is 5.32 Å². The van der Waals surface area contributed by atoms with Crippen molar-refractivity contribution in [3.8, 4) is 0 Å². The van der Waals surface area contributed by atoms with Crippen LogP contribution in [0.5, 0.6) is 0 Å². The van der Waals surface area contributed by atoms with Crippen LogP contribution < -0.4 is 11.1 Å². The molecule has 0 saturated heterocycles. The molecule has 1 fully saturated rings. The average molecular weight is 204 g/mol. The quantitative estimate of drug-likeness (QED) is 0.723. The fourth-order valence-electron chi connectivity index (χ4n) is 1.97. The first kappa shape index (κ1) is 10.0. The number of anilines is 1. The lowest BCUT2D eigenvalue weighted by Crippen LogP contribution is -2.32. The van der Waals surface area contributed by atoms with Gasteiger partial charge in [-0.25, -0.2) is 0 Å². The molecule has 0 unspecified atom stereocenters. The highest BCUT2D eigenvalue weighted by molar-refractivity contribution is 5.94. The summed E-state index contributed by atoms with van der Waals surface area (Å²) in [6.45, 7) is 0. The van der Waals surface area contributed by atoms with Crippen LogP contribution in [0, 0.1) is 0 Å². The van der Waals surface area contributed by atoms with E-state index in [1.54, 1.807) is 24.3 Å². The van der Waals surface area contributed by atoms with Gasteiger partial charge in [0, 0.05) is 17.3 Å². The average Bonchev–Trinajstić information content (AvgIpc) is 2.71. The van der Waals surface area contributed by atoms with E-state index in [-0.39, 0.29) is 5.91 Å². The fraction of sp³-hybridized carbons (Fsp3) is 0.417. The third kappa shape index (κ3) is 2.49. The van der Waals surface area contributed by atoms with Crippen molar-refractivity contribution in [2.24, 2.45) is 0 Å². The number of hydrogen-bond donors (Lipinski definition) is 2. The molecule has 3 nitrogen and oxygen atoms in total. The summed E-state index contributed by atoms with van der Waals surface area (Å²) in [4.78, 5) is 11.8. The lowest BCUT2D eigenvalue weighted by molar-refractivity contribution is 0.0938. The van der Waals surface area contributed by atoms with Gasteiger partial charge in [0.05, 0.1) is 0 Å². The van der Waals surface area contributed by atoms with Crippen LogP contribution in [0.25, 0.3) is 0 Å². The van der Waals surface area contributed by atoms with Gasteiger partial charge in [0.15, 0.2) is 0 Å². The Hall–Kier alpha value is -1.51. The van der Waals surface area contributed by atoms with E-state index in [1.165, 1.54) is 12.8 Å². The molecule has 2 rings (SSSR count). The zero-order valence-corrected chi connectivity index (χ0v) is 8.70. The molecule has 1 amide bonds. The van der Waals surface area contributed by atoms with Crippen LogP contribution in [0.1, 0.15) is 36.0 Å². The molecule has 0 atom stereocenters. The Labute approximate surface area is 89.7 Å². The molecule has 0 spiro atoms. The molecular formula is C12H16N2O. The van der Waals surface area contributed by atoms with Crippen LogP contribution in [-0.2, 0) is 0 Å². The smallest absolute Gasteiger partial charge is 0.251 e. The second kappa shape index (κ2) is 4.34. The van der Waals surface area contributed by atoms with Crippen molar-refractivity contribution < 1.29 is 4.79 Å². The van der Waals surface area contributed by atoms with E-state index in [1.807, 2.05) is 0 Å². The Bertz CT molecular complexity index is 339. The predicted molar refractivity (Wildman–Crippen MR) is 60.6 cm³/mol. The summed E-state index contributed by atoms with van der Waals surface area (Å²) in [5.74, 6) is 0.0156. The summed E-state index contributed by atoms with van der Waals surface area (Å²) in [7, 11) is 0. The minimum absolute atomic E-state index is 0.0156. The van der Waals surface area contributed by atoms with Crippen LogP contribution in [0.15, 0.2) is 24.3 Å². The molecule has 1 aromatic rings. The minimum atomic E-state index is 0.0156. The van der Waals surface area contributed by atoms with E-state index in [9.17, 15) is 4.79 Å². The summed E-state index contributed by atoms with van der Waals surface area (Å²) < 4.78 is 0. The standard InChI is InChI=1S/C12H16N2O/c13-10-7-5-9(6-8-10)12(15)14-11-3-1-2-4-11/h5-8,11H,1-4,13H2,(H,14,15). The van der Waals surface area contributed by atoms with Crippen LogP contribution in [0.3, 0.4) is 0 Å². The van der Waals surface area contributed by atoms with Crippen LogP contribution in [0.2, 0.25) is 0 Å².